The summed E-state index contributed by atoms with van der Waals surface area (Å²) in [7, 11) is 0. The van der Waals surface area contributed by atoms with Crippen molar-refractivity contribution >= 4 is 11.9 Å². The first kappa shape index (κ1) is 16.8. The van der Waals surface area contributed by atoms with Crippen LogP contribution in [0.1, 0.15) is 50.1 Å². The quantitative estimate of drug-likeness (QED) is 0.907. The molecule has 1 spiro atoms. The van der Waals surface area contributed by atoms with Crippen molar-refractivity contribution in [3.05, 3.63) is 17.0 Å². The van der Waals surface area contributed by atoms with Crippen molar-refractivity contribution in [3.8, 4) is 0 Å². The Hall–Kier alpha value is -1.69. The molecule has 1 saturated carbocycles. The Morgan fingerprint density at radius 2 is 2.20 bits per heavy atom. The van der Waals surface area contributed by atoms with Crippen molar-refractivity contribution in [1.29, 1.82) is 0 Å². The van der Waals surface area contributed by atoms with Gasteiger partial charge in [-0.1, -0.05) is 13.8 Å². The second-order valence-electron chi connectivity index (χ2n) is 8.22. The molecule has 1 aromatic rings. The van der Waals surface area contributed by atoms with Gasteiger partial charge in [-0.2, -0.15) is 0 Å². The predicted molar refractivity (Wildman–Crippen MR) is 95.4 cm³/mol. The summed E-state index contributed by atoms with van der Waals surface area (Å²) in [5.41, 5.74) is 3.03. The number of ether oxygens (including phenoxy) is 1. The van der Waals surface area contributed by atoms with Crippen molar-refractivity contribution in [1.82, 2.24) is 14.9 Å². The number of rotatable bonds is 4. The molecule has 1 aliphatic carbocycles. The van der Waals surface area contributed by atoms with Gasteiger partial charge in [-0.25, -0.2) is 9.97 Å². The minimum Gasteiger partial charge on any atom is -0.376 e. The third kappa shape index (κ3) is 3.12. The number of hydrogen-bond acceptors (Lipinski definition) is 5. The molecule has 25 heavy (non-hydrogen) atoms. The number of anilines is 1. The highest BCUT2D eigenvalue weighted by molar-refractivity contribution is 5.78. The lowest BCUT2D eigenvalue weighted by Crippen LogP contribution is -2.42. The van der Waals surface area contributed by atoms with E-state index >= 15 is 0 Å². The topological polar surface area (TPSA) is 67.4 Å². The van der Waals surface area contributed by atoms with Crippen LogP contribution in [0.4, 0.5) is 5.95 Å². The summed E-state index contributed by atoms with van der Waals surface area (Å²) in [5, 5.41) is 3.41. The summed E-state index contributed by atoms with van der Waals surface area (Å²) in [4.78, 5) is 24.0. The molecule has 6 nitrogen and oxygen atoms in total. The molecular formula is C19H28N4O2. The second-order valence-corrected chi connectivity index (χ2v) is 8.22. The summed E-state index contributed by atoms with van der Waals surface area (Å²) in [6, 6.07) is 0. The van der Waals surface area contributed by atoms with Crippen molar-refractivity contribution in [2.24, 2.45) is 11.8 Å². The molecule has 1 saturated heterocycles. The highest BCUT2D eigenvalue weighted by Gasteiger charge is 2.47. The summed E-state index contributed by atoms with van der Waals surface area (Å²) in [6.07, 6.45) is 3.53. The van der Waals surface area contributed by atoms with Gasteiger partial charge in [0.25, 0.3) is 0 Å². The lowest BCUT2D eigenvalue weighted by Gasteiger charge is -2.35. The summed E-state index contributed by atoms with van der Waals surface area (Å²) in [6.45, 7) is 9.63. The first-order valence-corrected chi connectivity index (χ1v) is 9.47. The monoisotopic (exact) mass is 344 g/mol. The van der Waals surface area contributed by atoms with Crippen LogP contribution in [0.5, 0.6) is 0 Å². The van der Waals surface area contributed by atoms with Crippen molar-refractivity contribution in [2.75, 3.05) is 31.6 Å². The minimum atomic E-state index is -0.179. The fourth-order valence-corrected chi connectivity index (χ4v) is 4.00. The highest BCUT2D eigenvalue weighted by Crippen LogP contribution is 2.40. The van der Waals surface area contributed by atoms with Crippen LogP contribution in [-0.2, 0) is 21.6 Å². The zero-order chi connectivity index (χ0) is 17.6. The van der Waals surface area contributed by atoms with Gasteiger partial charge in [0.15, 0.2) is 0 Å². The van der Waals surface area contributed by atoms with Gasteiger partial charge in [-0.3, -0.25) is 4.79 Å². The molecule has 3 aliphatic rings. The van der Waals surface area contributed by atoms with Gasteiger partial charge in [0, 0.05) is 36.8 Å². The van der Waals surface area contributed by atoms with Gasteiger partial charge in [-0.05, 0) is 32.1 Å². The van der Waals surface area contributed by atoms with Crippen LogP contribution in [0.15, 0.2) is 0 Å². The number of fused-ring (bicyclic) bond motifs is 2. The highest BCUT2D eigenvalue weighted by atomic mass is 16.5. The van der Waals surface area contributed by atoms with E-state index in [1.165, 1.54) is 12.8 Å². The van der Waals surface area contributed by atoms with E-state index in [2.05, 4.69) is 10.3 Å². The third-order valence-corrected chi connectivity index (χ3v) is 5.75. The number of carbonyl (C=O) groups excluding carboxylic acids is 1. The number of carbonyl (C=O) groups is 1. The normalized spacial score (nSPS) is 25.5. The molecule has 0 aromatic carbocycles. The van der Waals surface area contributed by atoms with Crippen molar-refractivity contribution < 1.29 is 9.53 Å². The van der Waals surface area contributed by atoms with Gasteiger partial charge < -0.3 is 15.0 Å². The number of aromatic nitrogens is 2. The van der Waals surface area contributed by atoms with Crippen LogP contribution in [-0.4, -0.2) is 47.0 Å². The molecule has 6 heteroatoms. The maximum Gasteiger partial charge on any atom is 0.225 e. The molecule has 3 heterocycles. The zero-order valence-corrected chi connectivity index (χ0v) is 15.5. The van der Waals surface area contributed by atoms with Gasteiger partial charge in [0.05, 0.1) is 24.3 Å². The first-order chi connectivity index (χ1) is 12.0. The fraction of sp³-hybridized carbons (Fsp3) is 0.737. The largest absolute Gasteiger partial charge is 0.376 e. The van der Waals surface area contributed by atoms with E-state index in [1.807, 2.05) is 25.7 Å². The minimum absolute atomic E-state index is 0.0297. The molecule has 1 N–H and O–H groups in total. The molecule has 4 rings (SSSR count). The second kappa shape index (κ2) is 6.24. The summed E-state index contributed by atoms with van der Waals surface area (Å²) in [5.74, 6) is 1.77. The van der Waals surface area contributed by atoms with E-state index in [1.54, 1.807) is 0 Å². The molecular weight excluding hydrogens is 316 g/mol. The van der Waals surface area contributed by atoms with Gasteiger partial charge >= 0.3 is 0 Å². The Morgan fingerprint density at radius 1 is 1.40 bits per heavy atom. The molecule has 0 bridgehead atoms. The molecule has 1 aromatic heterocycles. The molecule has 2 fully saturated rings. The molecule has 0 radical (unpaired) electrons. The van der Waals surface area contributed by atoms with E-state index < -0.39 is 0 Å². The Morgan fingerprint density at radius 3 is 2.92 bits per heavy atom. The fourth-order valence-electron chi connectivity index (χ4n) is 4.00. The number of hydrogen-bond donors (Lipinski definition) is 1. The SMILES string of the molecule is Cc1nc(NCC2CC2)nc2c1COCC21CCN(C(=O)C(C)C)C1. The number of amides is 1. The number of aryl methyl sites for hydroxylation is 1. The number of likely N-dealkylation sites (tertiary alicyclic amines) is 1. The molecule has 2 aliphatic heterocycles. The maximum absolute atomic E-state index is 12.4. The Kier molecular flexibility index (Phi) is 4.18. The van der Waals surface area contributed by atoms with Crippen LogP contribution in [0.25, 0.3) is 0 Å². The Labute approximate surface area is 149 Å². The average molecular weight is 344 g/mol. The zero-order valence-electron chi connectivity index (χ0n) is 15.5. The van der Waals surface area contributed by atoms with Crippen LogP contribution in [0.3, 0.4) is 0 Å². The lowest BCUT2D eigenvalue weighted by atomic mass is 9.80. The maximum atomic E-state index is 12.4. The molecule has 136 valence electrons. The standard InChI is InChI=1S/C19H28N4O2/c1-12(2)17(24)23-7-6-19(10-23)11-25-9-15-13(3)21-18(22-16(15)19)20-8-14-4-5-14/h12,14H,4-11H2,1-3H3,(H,20,21,22). The van der Waals surface area contributed by atoms with Crippen LogP contribution >= 0.6 is 0 Å². The number of nitrogens with zero attached hydrogens (tertiary/aromatic N) is 3. The molecule has 1 unspecified atom stereocenters. The number of nitrogens with one attached hydrogen (secondary N) is 1. The molecule has 1 amide bonds. The van der Waals surface area contributed by atoms with Crippen LogP contribution in [0, 0.1) is 18.8 Å². The van der Waals surface area contributed by atoms with Gasteiger partial charge in [-0.15, -0.1) is 0 Å². The van der Waals surface area contributed by atoms with Crippen molar-refractivity contribution in [3.63, 3.8) is 0 Å². The Balaban J connectivity index is 1.62. The third-order valence-electron chi connectivity index (χ3n) is 5.75. The summed E-state index contributed by atoms with van der Waals surface area (Å²) < 4.78 is 5.91. The lowest BCUT2D eigenvalue weighted by molar-refractivity contribution is -0.133. The Bertz CT molecular complexity index is 686. The van der Waals surface area contributed by atoms with Gasteiger partial charge in [0.2, 0.25) is 11.9 Å². The van der Waals surface area contributed by atoms with Gasteiger partial charge in [0.1, 0.15) is 0 Å². The first-order valence-electron chi connectivity index (χ1n) is 9.47. The van der Waals surface area contributed by atoms with E-state index in [-0.39, 0.29) is 17.2 Å². The van der Waals surface area contributed by atoms with E-state index in [9.17, 15) is 4.79 Å². The average Bonchev–Trinajstić information content (AvgIpc) is 3.33. The van der Waals surface area contributed by atoms with Crippen LogP contribution in [0.2, 0.25) is 0 Å². The van der Waals surface area contributed by atoms with E-state index in [4.69, 9.17) is 9.72 Å². The smallest absolute Gasteiger partial charge is 0.225 e. The van der Waals surface area contributed by atoms with E-state index in [0.29, 0.717) is 19.8 Å². The van der Waals surface area contributed by atoms with Crippen molar-refractivity contribution in [2.45, 2.75) is 52.1 Å². The summed E-state index contributed by atoms with van der Waals surface area (Å²) >= 11 is 0. The molecule has 1 atom stereocenters. The van der Waals surface area contributed by atoms with Crippen LogP contribution < -0.4 is 5.32 Å². The predicted octanol–water partition coefficient (Wildman–Crippen LogP) is 2.26. The van der Waals surface area contributed by atoms with E-state index in [0.717, 1.165) is 48.3 Å².